The van der Waals surface area contributed by atoms with E-state index in [1.807, 2.05) is 0 Å². The SMILES string of the molecule is CC1=CC(C)(C)C(C)c2cc3c(cc21)C(c1cc(C(=O)NCCOCCOCCCc2ccc([N+](=O)[O-])cc2[N+](=O)[O-])ccc1C(=O)O)=c1cc2c(cc1[Si]3(C)C)=C(C)C(C)(C)CC2C. The number of aromatic carboxylic acids is 1. The molecule has 13 heteroatoms. The van der Waals surface area contributed by atoms with Crippen molar-refractivity contribution in [3.05, 3.63) is 142 Å². The number of fused-ring (bicyclic) bond motifs is 4. The van der Waals surface area contributed by atoms with Crippen LogP contribution in [0.1, 0.15) is 134 Å². The van der Waals surface area contributed by atoms with Crippen LogP contribution in [0.2, 0.25) is 13.1 Å². The zero-order valence-corrected chi connectivity index (χ0v) is 40.3. The van der Waals surface area contributed by atoms with Gasteiger partial charge in [0.1, 0.15) is 8.07 Å². The number of ether oxygens (including phenoxy) is 2. The number of nitro benzene ring substituents is 2. The zero-order chi connectivity index (χ0) is 47.3. The number of allylic oxidation sites excluding steroid dienone is 2. The lowest BCUT2D eigenvalue weighted by Gasteiger charge is -2.41. The standard InChI is InChI=1S/C52H61N3O9Si/c1-30-28-51(5,6)32(3)40-26-46-43(24-38(30)40)48(44-25-39-31(2)29-52(7,8)33(4)41(39)27-47(44)65(46,9)10)42-22-35(14-16-37(42)50(57)58)49(56)53-17-19-64-21-20-63-18-11-12-34-13-15-36(54(59)60)23-45(34)55(61)62/h13-16,22-28,31-32H,11-12,17-21,29H2,1-10H3,(H,53,56)(H,57,58). The molecule has 4 aromatic carbocycles. The maximum absolute atomic E-state index is 13.8. The van der Waals surface area contributed by atoms with Gasteiger partial charge in [-0.05, 0) is 146 Å². The molecule has 1 heterocycles. The summed E-state index contributed by atoms with van der Waals surface area (Å²) < 4.78 is 11.3. The number of hydrogen-bond donors (Lipinski definition) is 2. The second-order valence-corrected chi connectivity index (χ2v) is 24.3. The smallest absolute Gasteiger partial charge is 0.336 e. The first-order valence-electron chi connectivity index (χ1n) is 22.6. The summed E-state index contributed by atoms with van der Waals surface area (Å²) in [5.74, 6) is -0.838. The molecule has 2 unspecified atom stereocenters. The van der Waals surface area contributed by atoms with E-state index in [2.05, 4.69) is 104 Å². The Morgan fingerprint density at radius 3 is 2.20 bits per heavy atom. The van der Waals surface area contributed by atoms with Crippen LogP contribution in [-0.2, 0) is 15.9 Å². The molecule has 0 aromatic heterocycles. The quantitative estimate of drug-likeness (QED) is 0.0516. The molecular formula is C52H61N3O9Si. The lowest BCUT2D eigenvalue weighted by atomic mass is 9.68. The molecule has 2 N–H and O–H groups in total. The first-order chi connectivity index (χ1) is 30.5. The van der Waals surface area contributed by atoms with Gasteiger partial charge in [0, 0.05) is 30.3 Å². The van der Waals surface area contributed by atoms with Crippen molar-refractivity contribution in [2.75, 3.05) is 33.0 Å². The Hall–Kier alpha value is -5.76. The number of non-ortho nitro benzene ring substituents is 1. The molecule has 3 aliphatic rings. The van der Waals surface area contributed by atoms with E-state index in [1.165, 1.54) is 55.6 Å². The maximum atomic E-state index is 13.8. The lowest BCUT2D eigenvalue weighted by Crippen LogP contribution is -2.64. The van der Waals surface area contributed by atoms with E-state index >= 15 is 0 Å². The topological polar surface area (TPSA) is 171 Å². The highest BCUT2D eigenvalue weighted by Crippen LogP contribution is 2.47. The number of nitrogens with zero attached hydrogens (tertiary/aromatic N) is 2. The van der Waals surface area contributed by atoms with Crippen LogP contribution >= 0.6 is 0 Å². The Labute approximate surface area is 381 Å². The van der Waals surface area contributed by atoms with E-state index in [9.17, 15) is 34.9 Å². The van der Waals surface area contributed by atoms with E-state index in [0.717, 1.165) is 28.8 Å². The van der Waals surface area contributed by atoms with Crippen molar-refractivity contribution in [2.24, 2.45) is 10.8 Å². The molecule has 0 radical (unpaired) electrons. The van der Waals surface area contributed by atoms with Crippen molar-refractivity contribution in [1.29, 1.82) is 0 Å². The fourth-order valence-corrected chi connectivity index (χ4v) is 13.5. The van der Waals surface area contributed by atoms with Crippen molar-refractivity contribution in [2.45, 2.75) is 99.6 Å². The third-order valence-corrected chi connectivity index (χ3v) is 18.0. The Bertz CT molecular complexity index is 2810. The van der Waals surface area contributed by atoms with Gasteiger partial charge in [-0.1, -0.05) is 84.5 Å². The molecule has 0 spiro atoms. The van der Waals surface area contributed by atoms with Crippen molar-refractivity contribution >= 4 is 58.4 Å². The average Bonchev–Trinajstić information content (AvgIpc) is 3.24. The summed E-state index contributed by atoms with van der Waals surface area (Å²) in [6.45, 7) is 24.4. The number of carboxylic acid groups (broad SMARTS) is 1. The van der Waals surface area contributed by atoms with Gasteiger partial charge in [0.05, 0.1) is 41.3 Å². The summed E-state index contributed by atoms with van der Waals surface area (Å²) in [6, 6.07) is 18.0. The summed E-state index contributed by atoms with van der Waals surface area (Å²) in [5.41, 5.74) is 9.05. The molecule has 0 bridgehead atoms. The second kappa shape index (κ2) is 17.9. The van der Waals surface area contributed by atoms with E-state index in [-0.39, 0.29) is 66.0 Å². The first-order valence-corrected chi connectivity index (χ1v) is 25.6. The molecular weight excluding hydrogens is 839 g/mol. The van der Waals surface area contributed by atoms with Gasteiger partial charge in [0.15, 0.2) is 0 Å². The van der Waals surface area contributed by atoms with Crippen molar-refractivity contribution in [1.82, 2.24) is 5.32 Å². The van der Waals surface area contributed by atoms with Gasteiger partial charge in [0.2, 0.25) is 0 Å². The number of benzene rings is 4. The van der Waals surface area contributed by atoms with E-state index in [4.69, 9.17) is 9.47 Å². The molecule has 2 atom stereocenters. The van der Waals surface area contributed by atoms with Gasteiger partial charge < -0.3 is 19.9 Å². The van der Waals surface area contributed by atoms with Gasteiger partial charge in [-0.2, -0.15) is 0 Å². The number of nitrogens with one attached hydrogen (secondary N) is 1. The van der Waals surface area contributed by atoms with Crippen LogP contribution in [0, 0.1) is 31.1 Å². The lowest BCUT2D eigenvalue weighted by molar-refractivity contribution is -0.394. The highest BCUT2D eigenvalue weighted by molar-refractivity contribution is 7.01. The molecule has 4 aromatic rings. The van der Waals surface area contributed by atoms with E-state index in [0.29, 0.717) is 42.1 Å². The monoisotopic (exact) mass is 899 g/mol. The van der Waals surface area contributed by atoms with Crippen LogP contribution in [0.5, 0.6) is 0 Å². The van der Waals surface area contributed by atoms with Crippen LogP contribution in [0.3, 0.4) is 0 Å². The number of carbonyl (C=O) groups excluding carboxylic acids is 1. The van der Waals surface area contributed by atoms with Crippen molar-refractivity contribution < 1.29 is 34.0 Å². The third kappa shape index (κ3) is 8.98. The minimum atomic E-state index is -2.41. The van der Waals surface area contributed by atoms with Crippen LogP contribution in [0.25, 0.3) is 16.7 Å². The number of rotatable bonds is 15. The third-order valence-electron chi connectivity index (χ3n) is 14.5. The molecule has 65 heavy (non-hydrogen) atoms. The number of aryl methyl sites for hydroxylation is 1. The average molecular weight is 900 g/mol. The Kier molecular flexibility index (Phi) is 13.0. The Morgan fingerprint density at radius 2 is 1.52 bits per heavy atom. The Morgan fingerprint density at radius 1 is 0.815 bits per heavy atom. The fraction of sp³-hybridized carbons (Fsp3) is 0.423. The predicted molar refractivity (Wildman–Crippen MR) is 258 cm³/mol. The van der Waals surface area contributed by atoms with Crippen LogP contribution < -0.4 is 26.1 Å². The summed E-state index contributed by atoms with van der Waals surface area (Å²) in [6.07, 6.45) is 4.17. The molecule has 0 saturated carbocycles. The van der Waals surface area contributed by atoms with Crippen LogP contribution in [0.4, 0.5) is 11.4 Å². The molecule has 12 nitrogen and oxygen atoms in total. The number of amides is 1. The predicted octanol–water partition coefficient (Wildman–Crippen LogP) is 8.23. The number of carboxylic acids is 1. The van der Waals surface area contributed by atoms with Gasteiger partial charge in [-0.15, -0.1) is 0 Å². The van der Waals surface area contributed by atoms with Crippen molar-refractivity contribution in [3.8, 4) is 0 Å². The van der Waals surface area contributed by atoms with E-state index in [1.54, 1.807) is 18.2 Å². The molecule has 1 aliphatic heterocycles. The van der Waals surface area contributed by atoms with Gasteiger partial charge in [0.25, 0.3) is 17.3 Å². The Balaban J connectivity index is 1.15. The van der Waals surface area contributed by atoms with Crippen LogP contribution in [0.15, 0.2) is 66.7 Å². The molecule has 342 valence electrons. The highest BCUT2D eigenvalue weighted by atomic mass is 28.3. The number of nitro groups is 2. The highest BCUT2D eigenvalue weighted by Gasteiger charge is 2.41. The molecule has 2 aliphatic carbocycles. The van der Waals surface area contributed by atoms with Crippen molar-refractivity contribution in [3.63, 3.8) is 0 Å². The summed E-state index contributed by atoms with van der Waals surface area (Å²) >= 11 is 0. The summed E-state index contributed by atoms with van der Waals surface area (Å²) in [7, 11) is -2.41. The van der Waals surface area contributed by atoms with Gasteiger partial charge >= 0.3 is 5.97 Å². The van der Waals surface area contributed by atoms with Crippen LogP contribution in [-0.4, -0.2) is 67.9 Å². The minimum absolute atomic E-state index is 0.0328. The second-order valence-electron chi connectivity index (χ2n) is 19.9. The number of hydrogen-bond acceptors (Lipinski definition) is 8. The van der Waals surface area contributed by atoms with Gasteiger partial charge in [-0.25, -0.2) is 4.79 Å². The summed E-state index contributed by atoms with van der Waals surface area (Å²) in [5, 5.41) is 41.1. The van der Waals surface area contributed by atoms with Gasteiger partial charge in [-0.3, -0.25) is 25.0 Å². The molecule has 0 fully saturated rings. The maximum Gasteiger partial charge on any atom is 0.336 e. The van der Waals surface area contributed by atoms with E-state index < -0.39 is 23.9 Å². The number of carbonyl (C=O) groups is 2. The largest absolute Gasteiger partial charge is 0.478 e. The fourth-order valence-electron chi connectivity index (χ4n) is 10.4. The first kappa shape index (κ1) is 47.2. The minimum Gasteiger partial charge on any atom is -0.478 e. The normalized spacial score (nSPS) is 18.7. The molecule has 0 saturated heterocycles. The zero-order valence-electron chi connectivity index (χ0n) is 39.3. The summed E-state index contributed by atoms with van der Waals surface area (Å²) in [4.78, 5) is 48.2. The molecule has 1 amide bonds. The molecule has 7 rings (SSSR count).